The van der Waals surface area contributed by atoms with Crippen LogP contribution in [0.5, 0.6) is 0 Å². The highest BCUT2D eigenvalue weighted by atomic mass is 32.2. The minimum Gasteiger partial charge on any atom is -0.387 e. The number of rotatable bonds is 4. The highest BCUT2D eigenvalue weighted by Gasteiger charge is 2.17. The second-order valence-electron chi connectivity index (χ2n) is 3.27. The molecule has 0 aliphatic heterocycles. The van der Waals surface area contributed by atoms with Crippen molar-refractivity contribution in [2.45, 2.75) is 13.0 Å². The fraction of sp³-hybridized carbons (Fsp3) is 0.400. The molecular weight excluding hydrogens is 219 g/mol. The Morgan fingerprint density at radius 1 is 1.47 bits per heavy atom. The van der Waals surface area contributed by atoms with E-state index in [9.17, 15) is 17.9 Å². The Hall–Kier alpha value is -0.940. The van der Waals surface area contributed by atoms with E-state index in [2.05, 4.69) is 0 Å². The molecule has 0 spiro atoms. The van der Waals surface area contributed by atoms with Crippen molar-refractivity contribution >= 4 is 9.84 Å². The second kappa shape index (κ2) is 4.72. The first-order valence-corrected chi connectivity index (χ1v) is 6.40. The van der Waals surface area contributed by atoms with E-state index in [-0.39, 0.29) is 17.1 Å². The summed E-state index contributed by atoms with van der Waals surface area (Å²) in [7, 11) is -3.25. The van der Waals surface area contributed by atoms with Crippen LogP contribution in [0.25, 0.3) is 0 Å². The Morgan fingerprint density at radius 2 is 2.13 bits per heavy atom. The fourth-order valence-electron chi connectivity index (χ4n) is 1.17. The number of hydrogen-bond acceptors (Lipinski definition) is 3. The van der Waals surface area contributed by atoms with Crippen LogP contribution in [0.1, 0.15) is 18.6 Å². The van der Waals surface area contributed by atoms with Crippen molar-refractivity contribution in [3.63, 3.8) is 0 Å². The van der Waals surface area contributed by atoms with Gasteiger partial charge in [0.2, 0.25) is 0 Å². The molecule has 0 heterocycles. The Labute approximate surface area is 88.5 Å². The van der Waals surface area contributed by atoms with E-state index in [0.29, 0.717) is 0 Å². The quantitative estimate of drug-likeness (QED) is 0.851. The average molecular weight is 232 g/mol. The molecular formula is C10H13FO3S. The molecule has 0 saturated heterocycles. The smallest absolute Gasteiger partial charge is 0.152 e. The minimum atomic E-state index is -3.25. The van der Waals surface area contributed by atoms with E-state index in [1.54, 1.807) is 0 Å². The molecule has 0 radical (unpaired) electrons. The maximum Gasteiger partial charge on any atom is 0.152 e. The molecule has 15 heavy (non-hydrogen) atoms. The molecule has 3 nitrogen and oxygen atoms in total. The molecule has 1 N–H and O–H groups in total. The topological polar surface area (TPSA) is 54.4 Å². The summed E-state index contributed by atoms with van der Waals surface area (Å²) < 4.78 is 35.2. The van der Waals surface area contributed by atoms with Gasteiger partial charge < -0.3 is 5.11 Å². The zero-order chi connectivity index (χ0) is 11.5. The van der Waals surface area contributed by atoms with Gasteiger partial charge in [0.25, 0.3) is 0 Å². The number of aliphatic hydroxyl groups is 1. The molecule has 1 atom stereocenters. The van der Waals surface area contributed by atoms with Crippen LogP contribution in [0, 0.1) is 5.82 Å². The molecule has 0 aliphatic carbocycles. The van der Waals surface area contributed by atoms with Crippen LogP contribution in [0.15, 0.2) is 24.3 Å². The summed E-state index contributed by atoms with van der Waals surface area (Å²) in [4.78, 5) is 0. The normalized spacial score (nSPS) is 13.8. The van der Waals surface area contributed by atoms with Gasteiger partial charge in [0.15, 0.2) is 9.84 Å². The minimum absolute atomic E-state index is 0.0284. The van der Waals surface area contributed by atoms with Crippen LogP contribution in [-0.2, 0) is 9.84 Å². The van der Waals surface area contributed by atoms with Gasteiger partial charge in [-0.2, -0.15) is 0 Å². The summed E-state index contributed by atoms with van der Waals surface area (Å²) in [5.74, 6) is -0.882. The molecule has 0 saturated carbocycles. The lowest BCUT2D eigenvalue weighted by molar-refractivity contribution is 0.201. The molecule has 1 rings (SSSR count). The van der Waals surface area contributed by atoms with Crippen molar-refractivity contribution in [3.8, 4) is 0 Å². The van der Waals surface area contributed by atoms with Gasteiger partial charge in [-0.1, -0.05) is 19.1 Å². The van der Waals surface area contributed by atoms with Gasteiger partial charge in [-0.15, -0.1) is 0 Å². The number of hydrogen-bond donors (Lipinski definition) is 1. The molecule has 0 aromatic heterocycles. The number of aliphatic hydroxyl groups excluding tert-OH is 1. The van der Waals surface area contributed by atoms with Gasteiger partial charge >= 0.3 is 0 Å². The van der Waals surface area contributed by atoms with E-state index in [4.69, 9.17) is 0 Å². The zero-order valence-electron chi connectivity index (χ0n) is 8.35. The Bertz CT molecular complexity index is 428. The van der Waals surface area contributed by atoms with Gasteiger partial charge in [-0.05, 0) is 17.7 Å². The molecule has 1 aromatic carbocycles. The third kappa shape index (κ3) is 3.60. The molecule has 5 heteroatoms. The van der Waals surface area contributed by atoms with Crippen LogP contribution in [0.2, 0.25) is 0 Å². The summed E-state index contributed by atoms with van der Waals surface area (Å²) in [6.45, 7) is 1.51. The average Bonchev–Trinajstić information content (AvgIpc) is 2.17. The van der Waals surface area contributed by atoms with Crippen molar-refractivity contribution in [1.29, 1.82) is 0 Å². The number of benzene rings is 1. The molecule has 0 bridgehead atoms. The van der Waals surface area contributed by atoms with Crippen molar-refractivity contribution < 1.29 is 17.9 Å². The highest BCUT2D eigenvalue weighted by Crippen LogP contribution is 2.16. The lowest BCUT2D eigenvalue weighted by Crippen LogP contribution is -2.16. The molecule has 0 amide bonds. The van der Waals surface area contributed by atoms with Gasteiger partial charge in [0.1, 0.15) is 5.82 Å². The molecule has 1 aromatic rings. The number of halogens is 1. The predicted octanol–water partition coefficient (Wildman–Crippen LogP) is 1.29. The summed E-state index contributed by atoms with van der Waals surface area (Å²) in [6.07, 6.45) is -1.16. The van der Waals surface area contributed by atoms with E-state index in [0.717, 1.165) is 6.07 Å². The molecule has 0 unspecified atom stereocenters. The highest BCUT2D eigenvalue weighted by molar-refractivity contribution is 7.91. The number of sulfone groups is 1. The van der Waals surface area contributed by atoms with Crippen molar-refractivity contribution in [2.24, 2.45) is 0 Å². The summed E-state index contributed by atoms with van der Waals surface area (Å²) in [5, 5.41) is 9.57. The van der Waals surface area contributed by atoms with Crippen LogP contribution in [0.3, 0.4) is 0 Å². The van der Waals surface area contributed by atoms with Crippen molar-refractivity contribution in [2.75, 3.05) is 11.5 Å². The van der Waals surface area contributed by atoms with Gasteiger partial charge in [0, 0.05) is 5.75 Å². The first-order chi connectivity index (χ1) is 6.94. The van der Waals surface area contributed by atoms with E-state index >= 15 is 0 Å². The molecule has 0 fully saturated rings. The Balaban J connectivity index is 2.82. The van der Waals surface area contributed by atoms with Crippen LogP contribution >= 0.6 is 0 Å². The fourth-order valence-corrected chi connectivity index (χ4v) is 2.08. The first kappa shape index (κ1) is 12.1. The molecule has 0 aliphatic rings. The summed E-state index contributed by atoms with van der Waals surface area (Å²) >= 11 is 0. The van der Waals surface area contributed by atoms with E-state index < -0.39 is 21.8 Å². The van der Waals surface area contributed by atoms with E-state index in [1.165, 1.54) is 25.1 Å². The van der Waals surface area contributed by atoms with E-state index in [1.807, 2.05) is 0 Å². The van der Waals surface area contributed by atoms with Crippen molar-refractivity contribution in [1.82, 2.24) is 0 Å². The lowest BCUT2D eigenvalue weighted by atomic mass is 10.1. The monoisotopic (exact) mass is 232 g/mol. The van der Waals surface area contributed by atoms with Crippen LogP contribution < -0.4 is 0 Å². The third-order valence-corrected chi connectivity index (χ3v) is 3.79. The van der Waals surface area contributed by atoms with Gasteiger partial charge in [0.05, 0.1) is 11.9 Å². The maximum atomic E-state index is 12.8. The van der Waals surface area contributed by atoms with Crippen LogP contribution in [0.4, 0.5) is 4.39 Å². The SMILES string of the molecule is CCS(=O)(=O)C[C@H](O)c1cccc(F)c1. The summed E-state index contributed by atoms with van der Waals surface area (Å²) in [6, 6.07) is 5.31. The lowest BCUT2D eigenvalue weighted by Gasteiger charge is -2.10. The first-order valence-electron chi connectivity index (χ1n) is 4.58. The zero-order valence-corrected chi connectivity index (χ0v) is 9.17. The predicted molar refractivity (Wildman–Crippen MR) is 55.7 cm³/mol. The standard InChI is InChI=1S/C10H13FO3S/c1-2-15(13,14)7-10(12)8-4-3-5-9(11)6-8/h3-6,10,12H,2,7H2,1H3/t10-/m0/s1. The Kier molecular flexibility index (Phi) is 3.82. The third-order valence-electron chi connectivity index (χ3n) is 2.09. The Morgan fingerprint density at radius 3 is 2.67 bits per heavy atom. The second-order valence-corrected chi connectivity index (χ2v) is 5.67. The van der Waals surface area contributed by atoms with Gasteiger partial charge in [-0.25, -0.2) is 12.8 Å². The van der Waals surface area contributed by atoms with Crippen LogP contribution in [-0.4, -0.2) is 25.0 Å². The summed E-state index contributed by atoms with van der Waals surface area (Å²) in [5.41, 5.74) is 0.284. The van der Waals surface area contributed by atoms with Gasteiger partial charge in [-0.3, -0.25) is 0 Å². The van der Waals surface area contributed by atoms with Crippen molar-refractivity contribution in [3.05, 3.63) is 35.6 Å². The largest absolute Gasteiger partial charge is 0.387 e. The maximum absolute atomic E-state index is 12.8. The molecule has 84 valence electrons.